The van der Waals surface area contributed by atoms with Gasteiger partial charge in [0.2, 0.25) is 0 Å². The van der Waals surface area contributed by atoms with E-state index in [1.54, 1.807) is 18.2 Å². The second kappa shape index (κ2) is 6.74. The third-order valence-corrected chi connectivity index (χ3v) is 3.34. The predicted octanol–water partition coefficient (Wildman–Crippen LogP) is 4.85. The van der Waals surface area contributed by atoms with E-state index in [4.69, 9.17) is 23.2 Å². The summed E-state index contributed by atoms with van der Waals surface area (Å²) in [5.74, 6) is -0.617. The molecule has 2 aromatic rings. The third kappa shape index (κ3) is 4.06. The minimum atomic E-state index is -2.95. The van der Waals surface area contributed by atoms with Crippen LogP contribution in [0.2, 0.25) is 10.0 Å². The van der Waals surface area contributed by atoms with E-state index in [9.17, 15) is 13.6 Å². The molecule has 0 heterocycles. The van der Waals surface area contributed by atoms with E-state index < -0.39 is 12.5 Å². The molecule has 1 N–H and O–H groups in total. The van der Waals surface area contributed by atoms with Crippen molar-refractivity contribution in [3.63, 3.8) is 0 Å². The van der Waals surface area contributed by atoms with Crippen molar-refractivity contribution in [2.45, 2.75) is 6.61 Å². The number of anilines is 1. The fourth-order valence-electron chi connectivity index (χ4n) is 1.61. The second-order valence-electron chi connectivity index (χ2n) is 3.96. The quantitative estimate of drug-likeness (QED) is 0.869. The van der Waals surface area contributed by atoms with Crippen LogP contribution in [-0.2, 0) is 0 Å². The van der Waals surface area contributed by atoms with Crippen LogP contribution in [0.1, 0.15) is 10.4 Å². The Bertz CT molecular complexity index is 665. The molecule has 3 nitrogen and oxygen atoms in total. The molecule has 0 aliphatic carbocycles. The van der Waals surface area contributed by atoms with Crippen molar-refractivity contribution in [2.75, 3.05) is 5.32 Å². The molecule has 0 spiro atoms. The van der Waals surface area contributed by atoms with Crippen LogP contribution >= 0.6 is 23.2 Å². The molecule has 0 bridgehead atoms. The van der Waals surface area contributed by atoms with E-state index in [0.717, 1.165) is 0 Å². The Balaban J connectivity index is 2.18. The highest BCUT2D eigenvalue weighted by atomic mass is 35.5. The predicted molar refractivity (Wildman–Crippen MR) is 77.5 cm³/mol. The summed E-state index contributed by atoms with van der Waals surface area (Å²) in [6.07, 6.45) is 0. The molecule has 0 unspecified atom stereocenters. The molecule has 7 heteroatoms. The first-order valence-electron chi connectivity index (χ1n) is 5.77. The Morgan fingerprint density at radius 1 is 1.14 bits per heavy atom. The summed E-state index contributed by atoms with van der Waals surface area (Å²) in [6, 6.07) is 10.2. The van der Waals surface area contributed by atoms with E-state index in [1.165, 1.54) is 24.3 Å². The average molecular weight is 332 g/mol. The number of hydrogen-bond donors (Lipinski definition) is 1. The zero-order chi connectivity index (χ0) is 15.4. The van der Waals surface area contributed by atoms with Crippen molar-refractivity contribution >= 4 is 34.8 Å². The second-order valence-corrected chi connectivity index (χ2v) is 4.75. The first-order valence-corrected chi connectivity index (χ1v) is 6.53. The molecule has 0 saturated carbocycles. The van der Waals surface area contributed by atoms with Crippen LogP contribution in [0, 0.1) is 0 Å². The van der Waals surface area contributed by atoms with Gasteiger partial charge in [-0.1, -0.05) is 35.3 Å². The van der Waals surface area contributed by atoms with Gasteiger partial charge in [-0.2, -0.15) is 8.78 Å². The number of ether oxygens (including phenoxy) is 1. The smallest absolute Gasteiger partial charge is 0.387 e. The van der Waals surface area contributed by atoms with Gasteiger partial charge in [0.1, 0.15) is 5.75 Å². The summed E-state index contributed by atoms with van der Waals surface area (Å²) >= 11 is 11.8. The largest absolute Gasteiger partial charge is 0.435 e. The van der Waals surface area contributed by atoms with E-state index in [0.29, 0.717) is 10.7 Å². The maximum atomic E-state index is 12.1. The summed E-state index contributed by atoms with van der Waals surface area (Å²) < 4.78 is 28.5. The maximum Gasteiger partial charge on any atom is 0.387 e. The topological polar surface area (TPSA) is 38.3 Å². The molecule has 0 aromatic heterocycles. The van der Waals surface area contributed by atoms with Crippen LogP contribution in [0.5, 0.6) is 5.75 Å². The molecule has 1 amide bonds. The van der Waals surface area contributed by atoms with Crippen molar-refractivity contribution in [1.29, 1.82) is 0 Å². The molecule has 2 rings (SSSR count). The number of carbonyl (C=O) groups excluding carboxylic acids is 1. The van der Waals surface area contributed by atoms with Gasteiger partial charge in [0.05, 0.1) is 15.7 Å². The standard InChI is InChI=1S/C14H9Cl2F2NO2/c15-10-5-2-6-11(12(10)16)19-13(20)8-3-1-4-9(7-8)21-14(17)18/h1-7,14H,(H,19,20). The number of halogens is 4. The minimum absolute atomic E-state index is 0.102. The summed E-state index contributed by atoms with van der Waals surface area (Å²) in [5, 5.41) is 3.05. The molecule has 0 aliphatic rings. The highest BCUT2D eigenvalue weighted by Gasteiger charge is 2.12. The van der Waals surface area contributed by atoms with Gasteiger partial charge < -0.3 is 10.1 Å². The van der Waals surface area contributed by atoms with Crippen LogP contribution in [0.15, 0.2) is 42.5 Å². The zero-order valence-electron chi connectivity index (χ0n) is 10.4. The van der Waals surface area contributed by atoms with E-state index in [1.807, 2.05) is 0 Å². The monoisotopic (exact) mass is 331 g/mol. The number of hydrogen-bond acceptors (Lipinski definition) is 2. The highest BCUT2D eigenvalue weighted by Crippen LogP contribution is 2.30. The number of amides is 1. The Hall–Kier alpha value is -1.85. The van der Waals surface area contributed by atoms with Crippen molar-refractivity contribution < 1.29 is 18.3 Å². The zero-order valence-corrected chi connectivity index (χ0v) is 12.0. The lowest BCUT2D eigenvalue weighted by atomic mass is 10.2. The van der Waals surface area contributed by atoms with Crippen molar-refractivity contribution in [1.82, 2.24) is 0 Å². The van der Waals surface area contributed by atoms with Gasteiger partial charge in [-0.3, -0.25) is 4.79 Å². The highest BCUT2D eigenvalue weighted by molar-refractivity contribution is 6.44. The first kappa shape index (κ1) is 15.5. The lowest BCUT2D eigenvalue weighted by Gasteiger charge is -2.09. The Kier molecular flexibility index (Phi) is 4.98. The Morgan fingerprint density at radius 2 is 1.86 bits per heavy atom. The van der Waals surface area contributed by atoms with Crippen molar-refractivity contribution in [3.8, 4) is 5.75 Å². The summed E-state index contributed by atoms with van der Waals surface area (Å²) in [6.45, 7) is -2.95. The molecule has 21 heavy (non-hydrogen) atoms. The lowest BCUT2D eigenvalue weighted by Crippen LogP contribution is -2.12. The van der Waals surface area contributed by atoms with Crippen LogP contribution < -0.4 is 10.1 Å². The fraction of sp³-hybridized carbons (Fsp3) is 0.0714. The summed E-state index contributed by atoms with van der Waals surface area (Å²) in [7, 11) is 0. The first-order chi connectivity index (χ1) is 9.97. The molecule has 0 atom stereocenters. The van der Waals surface area contributed by atoms with Crippen LogP contribution in [0.25, 0.3) is 0 Å². The third-order valence-electron chi connectivity index (χ3n) is 2.52. The van der Waals surface area contributed by atoms with Crippen molar-refractivity contribution in [2.24, 2.45) is 0 Å². The number of carbonyl (C=O) groups is 1. The SMILES string of the molecule is O=C(Nc1cccc(Cl)c1Cl)c1cccc(OC(F)F)c1. The maximum absolute atomic E-state index is 12.1. The van der Waals surface area contributed by atoms with Crippen LogP contribution in [-0.4, -0.2) is 12.5 Å². The van der Waals surface area contributed by atoms with Gasteiger partial charge in [0, 0.05) is 5.56 Å². The fourth-order valence-corrected chi connectivity index (χ4v) is 1.96. The van der Waals surface area contributed by atoms with Crippen LogP contribution in [0.4, 0.5) is 14.5 Å². The van der Waals surface area contributed by atoms with Gasteiger partial charge >= 0.3 is 6.61 Å². The number of benzene rings is 2. The molecule has 110 valence electrons. The molecule has 0 aliphatic heterocycles. The Labute approximate surface area is 129 Å². The average Bonchev–Trinajstić information content (AvgIpc) is 2.43. The van der Waals surface area contributed by atoms with E-state index in [-0.39, 0.29) is 16.3 Å². The molecule has 0 radical (unpaired) electrons. The van der Waals surface area contributed by atoms with Gasteiger partial charge in [-0.05, 0) is 30.3 Å². The van der Waals surface area contributed by atoms with E-state index >= 15 is 0 Å². The minimum Gasteiger partial charge on any atom is -0.435 e. The number of rotatable bonds is 4. The molecule has 2 aromatic carbocycles. The number of nitrogens with one attached hydrogen (secondary N) is 1. The molecule has 0 saturated heterocycles. The summed E-state index contributed by atoms with van der Waals surface area (Å²) in [4.78, 5) is 12.1. The number of alkyl halides is 2. The van der Waals surface area contributed by atoms with Gasteiger partial charge in [0.15, 0.2) is 0 Å². The van der Waals surface area contributed by atoms with Gasteiger partial charge in [0.25, 0.3) is 5.91 Å². The Morgan fingerprint density at radius 3 is 2.57 bits per heavy atom. The van der Waals surface area contributed by atoms with Crippen molar-refractivity contribution in [3.05, 3.63) is 58.1 Å². The lowest BCUT2D eigenvalue weighted by molar-refractivity contribution is -0.0498. The van der Waals surface area contributed by atoms with Gasteiger partial charge in [-0.15, -0.1) is 0 Å². The van der Waals surface area contributed by atoms with Gasteiger partial charge in [-0.25, -0.2) is 0 Å². The molecular weight excluding hydrogens is 323 g/mol. The molecule has 0 fully saturated rings. The van der Waals surface area contributed by atoms with Crippen LogP contribution in [0.3, 0.4) is 0 Å². The summed E-state index contributed by atoms with van der Waals surface area (Å²) in [5.41, 5.74) is 0.485. The molecular formula is C14H9Cl2F2NO2. The van der Waals surface area contributed by atoms with E-state index in [2.05, 4.69) is 10.1 Å². The normalized spacial score (nSPS) is 10.5.